The van der Waals surface area contributed by atoms with Gasteiger partial charge >= 0.3 is 0 Å². The van der Waals surface area contributed by atoms with Crippen LogP contribution in [0.25, 0.3) is 0 Å². The summed E-state index contributed by atoms with van der Waals surface area (Å²) < 4.78 is 0. The van der Waals surface area contributed by atoms with Gasteiger partial charge in [0.2, 0.25) is 0 Å². The molecule has 94 valence electrons. The largest absolute Gasteiger partial charge is 0.314 e. The molecule has 1 aromatic carbocycles. The molecule has 1 atom stereocenters. The maximum Gasteiger partial charge on any atom is 0.00683 e. The Morgan fingerprint density at radius 2 is 2.00 bits per heavy atom. The van der Waals surface area contributed by atoms with E-state index in [0.717, 1.165) is 12.0 Å². The number of rotatable bonds is 8. The zero-order chi connectivity index (χ0) is 11.9. The molecule has 17 heavy (non-hydrogen) atoms. The third-order valence-corrected chi connectivity index (χ3v) is 3.77. The molecule has 0 heterocycles. The van der Waals surface area contributed by atoms with E-state index in [9.17, 15) is 0 Å². The second-order valence-corrected chi connectivity index (χ2v) is 5.33. The van der Waals surface area contributed by atoms with E-state index in [0.29, 0.717) is 0 Å². The second-order valence-electron chi connectivity index (χ2n) is 5.33. The van der Waals surface area contributed by atoms with E-state index in [1.54, 1.807) is 0 Å². The van der Waals surface area contributed by atoms with Crippen LogP contribution in [0.5, 0.6) is 0 Å². The van der Waals surface area contributed by atoms with Gasteiger partial charge in [-0.15, -0.1) is 0 Å². The fourth-order valence-corrected chi connectivity index (χ4v) is 2.31. The van der Waals surface area contributed by atoms with Crippen LogP contribution in [0, 0.1) is 5.92 Å². The molecular weight excluding hydrogens is 206 g/mol. The summed E-state index contributed by atoms with van der Waals surface area (Å²) in [6.45, 7) is 3.55. The van der Waals surface area contributed by atoms with Crippen LogP contribution < -0.4 is 5.32 Å². The van der Waals surface area contributed by atoms with Crippen molar-refractivity contribution >= 4 is 0 Å². The van der Waals surface area contributed by atoms with Gasteiger partial charge in [0.1, 0.15) is 0 Å². The first kappa shape index (κ1) is 12.6. The predicted molar refractivity (Wildman–Crippen MR) is 74.2 cm³/mol. The van der Waals surface area contributed by atoms with E-state index in [4.69, 9.17) is 0 Å². The van der Waals surface area contributed by atoms with Crippen LogP contribution in [0.2, 0.25) is 0 Å². The average Bonchev–Trinajstić information content (AvgIpc) is 3.19. The highest BCUT2D eigenvalue weighted by Gasteiger charge is 2.21. The molecule has 0 aromatic heterocycles. The molecule has 0 saturated heterocycles. The van der Waals surface area contributed by atoms with Gasteiger partial charge in [0, 0.05) is 6.04 Å². The van der Waals surface area contributed by atoms with Crippen LogP contribution in [0.15, 0.2) is 30.3 Å². The monoisotopic (exact) mass is 231 g/mol. The van der Waals surface area contributed by atoms with E-state index in [1.807, 2.05) is 0 Å². The SMILES string of the molecule is CCC(CCCc1ccccc1)CNC1CC1. The zero-order valence-electron chi connectivity index (χ0n) is 11.0. The van der Waals surface area contributed by atoms with Crippen molar-refractivity contribution in [3.63, 3.8) is 0 Å². The summed E-state index contributed by atoms with van der Waals surface area (Å²) >= 11 is 0. The van der Waals surface area contributed by atoms with Crippen LogP contribution in [0.3, 0.4) is 0 Å². The maximum atomic E-state index is 3.66. The Bertz CT molecular complexity index is 303. The fraction of sp³-hybridized carbons (Fsp3) is 0.625. The molecule has 0 amide bonds. The standard InChI is InChI=1S/C16H25N/c1-2-14(13-17-16-11-12-16)9-6-10-15-7-4-3-5-8-15/h3-5,7-8,14,16-17H,2,6,9-13H2,1H3. The normalized spacial score (nSPS) is 17.0. The van der Waals surface area contributed by atoms with Gasteiger partial charge in [0.25, 0.3) is 0 Å². The summed E-state index contributed by atoms with van der Waals surface area (Å²) in [7, 11) is 0. The van der Waals surface area contributed by atoms with Gasteiger partial charge in [0.05, 0.1) is 0 Å². The molecule has 1 nitrogen and oxygen atoms in total. The van der Waals surface area contributed by atoms with Gasteiger partial charge in [-0.3, -0.25) is 0 Å². The van der Waals surface area contributed by atoms with Crippen molar-refractivity contribution < 1.29 is 0 Å². The summed E-state index contributed by atoms with van der Waals surface area (Å²) in [5, 5.41) is 3.66. The predicted octanol–water partition coefficient (Wildman–Crippen LogP) is 3.79. The Morgan fingerprint density at radius 3 is 2.65 bits per heavy atom. The third kappa shape index (κ3) is 4.91. The summed E-state index contributed by atoms with van der Waals surface area (Å²) in [6.07, 6.45) is 8.05. The molecule has 2 rings (SSSR count). The van der Waals surface area contributed by atoms with Crippen LogP contribution in [-0.2, 0) is 6.42 Å². The van der Waals surface area contributed by atoms with Crippen molar-refractivity contribution in [2.45, 2.75) is 51.5 Å². The van der Waals surface area contributed by atoms with Crippen LogP contribution in [-0.4, -0.2) is 12.6 Å². The second kappa shape index (κ2) is 6.80. The number of nitrogens with one attached hydrogen (secondary N) is 1. The lowest BCUT2D eigenvalue weighted by atomic mass is 9.97. The van der Waals surface area contributed by atoms with E-state index in [-0.39, 0.29) is 0 Å². The van der Waals surface area contributed by atoms with Gasteiger partial charge in [-0.25, -0.2) is 0 Å². The number of hydrogen-bond acceptors (Lipinski definition) is 1. The maximum absolute atomic E-state index is 3.66. The minimum atomic E-state index is 0.859. The Kier molecular flexibility index (Phi) is 5.06. The van der Waals surface area contributed by atoms with Crippen molar-refractivity contribution in [3.05, 3.63) is 35.9 Å². The Labute approximate surface area is 106 Å². The number of hydrogen-bond donors (Lipinski definition) is 1. The molecule has 1 saturated carbocycles. The zero-order valence-corrected chi connectivity index (χ0v) is 11.0. The first-order valence-corrected chi connectivity index (χ1v) is 7.15. The van der Waals surface area contributed by atoms with Crippen LogP contribution in [0.1, 0.15) is 44.6 Å². The number of aryl methyl sites for hydroxylation is 1. The molecule has 1 N–H and O–H groups in total. The van der Waals surface area contributed by atoms with Crippen molar-refractivity contribution in [1.29, 1.82) is 0 Å². The molecule has 1 aliphatic rings. The summed E-state index contributed by atoms with van der Waals surface area (Å²) in [6, 6.07) is 11.7. The topological polar surface area (TPSA) is 12.0 Å². The molecule has 1 heteroatoms. The van der Waals surface area contributed by atoms with Gasteiger partial charge in [-0.05, 0) is 50.1 Å². The molecule has 0 bridgehead atoms. The lowest BCUT2D eigenvalue weighted by molar-refractivity contribution is 0.420. The highest BCUT2D eigenvalue weighted by molar-refractivity contribution is 5.14. The lowest BCUT2D eigenvalue weighted by Crippen LogP contribution is -2.24. The smallest absolute Gasteiger partial charge is 0.00683 e. The Morgan fingerprint density at radius 1 is 1.24 bits per heavy atom. The third-order valence-electron chi connectivity index (χ3n) is 3.77. The van der Waals surface area contributed by atoms with Crippen molar-refractivity contribution in [2.24, 2.45) is 5.92 Å². The molecule has 0 aliphatic heterocycles. The average molecular weight is 231 g/mol. The van der Waals surface area contributed by atoms with Gasteiger partial charge in [-0.1, -0.05) is 43.7 Å². The van der Waals surface area contributed by atoms with Gasteiger partial charge in [-0.2, -0.15) is 0 Å². The summed E-state index contributed by atoms with van der Waals surface area (Å²) in [4.78, 5) is 0. The Hall–Kier alpha value is -0.820. The van der Waals surface area contributed by atoms with E-state index in [2.05, 4.69) is 42.6 Å². The summed E-state index contributed by atoms with van der Waals surface area (Å²) in [5.74, 6) is 0.874. The molecule has 1 fully saturated rings. The van der Waals surface area contributed by atoms with Crippen molar-refractivity contribution in [3.8, 4) is 0 Å². The molecule has 1 unspecified atom stereocenters. The van der Waals surface area contributed by atoms with Gasteiger partial charge < -0.3 is 5.32 Å². The first-order valence-electron chi connectivity index (χ1n) is 7.15. The summed E-state index contributed by atoms with van der Waals surface area (Å²) in [5.41, 5.74) is 1.48. The first-order chi connectivity index (χ1) is 8.38. The minimum absolute atomic E-state index is 0.859. The van der Waals surface area contributed by atoms with E-state index in [1.165, 1.54) is 50.6 Å². The van der Waals surface area contributed by atoms with Gasteiger partial charge in [0.15, 0.2) is 0 Å². The van der Waals surface area contributed by atoms with E-state index >= 15 is 0 Å². The van der Waals surface area contributed by atoms with Crippen molar-refractivity contribution in [1.82, 2.24) is 5.32 Å². The highest BCUT2D eigenvalue weighted by atomic mass is 14.9. The molecule has 0 spiro atoms. The molecular formula is C16H25N. The fourth-order valence-electron chi connectivity index (χ4n) is 2.31. The molecule has 0 radical (unpaired) electrons. The Balaban J connectivity index is 1.61. The molecule has 1 aromatic rings. The highest BCUT2D eigenvalue weighted by Crippen LogP contribution is 2.20. The number of benzene rings is 1. The van der Waals surface area contributed by atoms with E-state index < -0.39 is 0 Å². The van der Waals surface area contributed by atoms with Crippen molar-refractivity contribution in [2.75, 3.05) is 6.54 Å². The quantitative estimate of drug-likeness (QED) is 0.718. The van der Waals surface area contributed by atoms with Crippen LogP contribution >= 0.6 is 0 Å². The minimum Gasteiger partial charge on any atom is -0.314 e. The lowest BCUT2D eigenvalue weighted by Gasteiger charge is -2.15. The molecule has 1 aliphatic carbocycles. The van der Waals surface area contributed by atoms with Crippen LogP contribution in [0.4, 0.5) is 0 Å².